The van der Waals surface area contributed by atoms with Crippen LogP contribution in [0.25, 0.3) is 0 Å². The number of H-pyrrole nitrogens is 1. The molecule has 1 aromatic heterocycles. The third-order valence-corrected chi connectivity index (χ3v) is 3.86. The molecule has 1 atom stereocenters. The van der Waals surface area contributed by atoms with Crippen LogP contribution in [0.15, 0.2) is 11.2 Å². The van der Waals surface area contributed by atoms with Gasteiger partial charge in [-0.25, -0.2) is 0 Å². The molecule has 5 nitrogen and oxygen atoms in total. The number of carbonyl (C=O) groups is 1. The van der Waals surface area contributed by atoms with E-state index >= 15 is 0 Å². The highest BCUT2D eigenvalue weighted by Crippen LogP contribution is 2.33. The number of halogens is 3. The molecule has 2 heterocycles. The Hall–Kier alpha value is -1.25. The lowest BCUT2D eigenvalue weighted by molar-refractivity contribution is -0.187. The number of hydrogen-bond donors (Lipinski definition) is 1. The summed E-state index contributed by atoms with van der Waals surface area (Å²) in [4.78, 5) is 13.1. The normalized spacial score (nSPS) is 20.6. The lowest BCUT2D eigenvalue weighted by Crippen LogP contribution is -2.45. The number of amides is 1. The van der Waals surface area contributed by atoms with Gasteiger partial charge in [0, 0.05) is 13.1 Å². The van der Waals surface area contributed by atoms with E-state index in [4.69, 9.17) is 0 Å². The number of likely N-dealkylation sites (tertiary alicyclic amines) is 1. The van der Waals surface area contributed by atoms with Gasteiger partial charge >= 0.3 is 6.18 Å². The Morgan fingerprint density at radius 3 is 3.00 bits per heavy atom. The van der Waals surface area contributed by atoms with E-state index < -0.39 is 12.1 Å². The highest BCUT2D eigenvalue weighted by atomic mass is 32.2. The molecule has 0 aromatic carbocycles. The van der Waals surface area contributed by atoms with E-state index in [-0.39, 0.29) is 24.6 Å². The minimum Gasteiger partial charge on any atom is -0.341 e. The number of alkyl halides is 3. The smallest absolute Gasteiger partial charge is 0.341 e. The summed E-state index contributed by atoms with van der Waals surface area (Å²) in [6.45, 7) is 0.159. The summed E-state index contributed by atoms with van der Waals surface area (Å²) in [5, 5.41) is 10.3. The first-order valence-corrected chi connectivity index (χ1v) is 6.78. The average molecular weight is 294 g/mol. The second kappa shape index (κ2) is 5.81. The Kier molecular flexibility index (Phi) is 4.33. The summed E-state index contributed by atoms with van der Waals surface area (Å²) in [5.74, 6) is -1.61. The molecule has 1 aliphatic rings. The SMILES string of the molecule is O=C(CSc1cn[nH]n1)N1CCCC(C(F)(F)F)C1. The Balaban J connectivity index is 1.85. The molecular formula is C10H13F3N4OS. The lowest BCUT2D eigenvalue weighted by Gasteiger charge is -2.33. The van der Waals surface area contributed by atoms with Gasteiger partial charge in [-0.05, 0) is 12.8 Å². The van der Waals surface area contributed by atoms with E-state index in [2.05, 4.69) is 15.4 Å². The van der Waals surface area contributed by atoms with Crippen LogP contribution in [0.4, 0.5) is 13.2 Å². The van der Waals surface area contributed by atoms with Crippen molar-refractivity contribution in [2.75, 3.05) is 18.8 Å². The van der Waals surface area contributed by atoms with Crippen molar-refractivity contribution >= 4 is 17.7 Å². The molecule has 1 unspecified atom stereocenters. The number of thioether (sulfide) groups is 1. The molecule has 0 aliphatic carbocycles. The van der Waals surface area contributed by atoms with Gasteiger partial charge < -0.3 is 4.90 Å². The van der Waals surface area contributed by atoms with Crippen LogP contribution in [0.3, 0.4) is 0 Å². The fourth-order valence-electron chi connectivity index (χ4n) is 1.96. The van der Waals surface area contributed by atoms with Crippen LogP contribution >= 0.6 is 11.8 Å². The summed E-state index contributed by atoms with van der Waals surface area (Å²) in [7, 11) is 0. The van der Waals surface area contributed by atoms with Crippen molar-refractivity contribution in [1.82, 2.24) is 20.3 Å². The number of rotatable bonds is 3. The molecule has 106 valence electrons. The van der Waals surface area contributed by atoms with Crippen molar-refractivity contribution in [1.29, 1.82) is 0 Å². The lowest BCUT2D eigenvalue weighted by atomic mass is 9.97. The molecule has 1 amide bonds. The Labute approximate surface area is 111 Å². The van der Waals surface area contributed by atoms with Gasteiger partial charge in [-0.3, -0.25) is 4.79 Å². The van der Waals surface area contributed by atoms with E-state index in [0.717, 1.165) is 11.8 Å². The summed E-state index contributed by atoms with van der Waals surface area (Å²) in [5.41, 5.74) is 0. The van der Waals surface area contributed by atoms with Gasteiger partial charge in [-0.15, -0.1) is 5.10 Å². The number of carbonyl (C=O) groups excluding carboxylic acids is 1. The molecule has 1 fully saturated rings. The fraction of sp³-hybridized carbons (Fsp3) is 0.700. The van der Waals surface area contributed by atoms with Crippen molar-refractivity contribution in [2.45, 2.75) is 24.0 Å². The number of aromatic nitrogens is 3. The molecule has 1 aliphatic heterocycles. The van der Waals surface area contributed by atoms with Crippen LogP contribution in [0.5, 0.6) is 0 Å². The Bertz CT molecular complexity index is 423. The minimum atomic E-state index is -4.22. The summed E-state index contributed by atoms with van der Waals surface area (Å²) >= 11 is 1.16. The zero-order chi connectivity index (χ0) is 13.9. The summed E-state index contributed by atoms with van der Waals surface area (Å²) in [6, 6.07) is 0. The van der Waals surface area contributed by atoms with Gasteiger partial charge in [0.25, 0.3) is 0 Å². The maximum atomic E-state index is 12.6. The van der Waals surface area contributed by atoms with Crippen molar-refractivity contribution in [2.24, 2.45) is 5.92 Å². The van der Waals surface area contributed by atoms with Crippen LogP contribution in [0, 0.1) is 5.92 Å². The van der Waals surface area contributed by atoms with Crippen molar-refractivity contribution < 1.29 is 18.0 Å². The molecule has 1 aromatic rings. The molecule has 19 heavy (non-hydrogen) atoms. The highest BCUT2D eigenvalue weighted by Gasteiger charge is 2.42. The second-order valence-corrected chi connectivity index (χ2v) is 5.31. The Morgan fingerprint density at radius 1 is 1.58 bits per heavy atom. The summed E-state index contributed by atoms with van der Waals surface area (Å²) in [6.07, 6.45) is -2.26. The van der Waals surface area contributed by atoms with E-state index in [1.807, 2.05) is 0 Å². The predicted molar refractivity (Wildman–Crippen MR) is 62.5 cm³/mol. The third-order valence-electron chi connectivity index (χ3n) is 2.97. The zero-order valence-electron chi connectivity index (χ0n) is 9.98. The average Bonchev–Trinajstić information content (AvgIpc) is 2.88. The molecule has 9 heteroatoms. The molecular weight excluding hydrogens is 281 g/mol. The first kappa shape index (κ1) is 14.2. The fourth-order valence-corrected chi connectivity index (χ4v) is 2.65. The van der Waals surface area contributed by atoms with Crippen molar-refractivity contribution in [3.05, 3.63) is 6.20 Å². The maximum absolute atomic E-state index is 12.6. The molecule has 0 bridgehead atoms. The molecule has 2 rings (SSSR count). The van der Waals surface area contributed by atoms with E-state index in [1.165, 1.54) is 11.1 Å². The minimum absolute atomic E-state index is 0.0805. The number of nitrogens with one attached hydrogen (secondary N) is 1. The Morgan fingerprint density at radius 2 is 2.37 bits per heavy atom. The van der Waals surface area contributed by atoms with Gasteiger partial charge in [-0.1, -0.05) is 11.8 Å². The number of hydrogen-bond acceptors (Lipinski definition) is 4. The van der Waals surface area contributed by atoms with Gasteiger partial charge in [0.2, 0.25) is 5.91 Å². The number of aromatic amines is 1. The third kappa shape index (κ3) is 3.85. The molecule has 0 radical (unpaired) electrons. The van der Waals surface area contributed by atoms with Crippen LogP contribution < -0.4 is 0 Å². The van der Waals surface area contributed by atoms with Gasteiger partial charge in [0.05, 0.1) is 17.9 Å². The van der Waals surface area contributed by atoms with E-state index in [0.29, 0.717) is 18.0 Å². The van der Waals surface area contributed by atoms with Crippen LogP contribution in [0.1, 0.15) is 12.8 Å². The van der Waals surface area contributed by atoms with Crippen LogP contribution in [0.2, 0.25) is 0 Å². The monoisotopic (exact) mass is 294 g/mol. The van der Waals surface area contributed by atoms with Gasteiger partial charge in [0.15, 0.2) is 0 Å². The quantitative estimate of drug-likeness (QED) is 0.862. The standard InChI is InChI=1S/C10H13F3N4OS/c11-10(12,13)7-2-1-3-17(5-7)9(18)6-19-8-4-14-16-15-8/h4,7H,1-3,5-6H2,(H,14,15,16). The molecule has 0 spiro atoms. The molecule has 0 saturated carbocycles. The molecule has 1 N–H and O–H groups in total. The maximum Gasteiger partial charge on any atom is 0.393 e. The first-order valence-electron chi connectivity index (χ1n) is 5.80. The predicted octanol–water partition coefficient (Wildman–Crippen LogP) is 1.70. The second-order valence-electron chi connectivity index (χ2n) is 4.32. The number of piperidine rings is 1. The van der Waals surface area contributed by atoms with Gasteiger partial charge in [0.1, 0.15) is 5.03 Å². The highest BCUT2D eigenvalue weighted by molar-refractivity contribution is 7.99. The van der Waals surface area contributed by atoms with Crippen LogP contribution in [-0.2, 0) is 4.79 Å². The van der Waals surface area contributed by atoms with Crippen LogP contribution in [-0.4, -0.2) is 51.2 Å². The van der Waals surface area contributed by atoms with Crippen molar-refractivity contribution in [3.63, 3.8) is 0 Å². The van der Waals surface area contributed by atoms with Gasteiger partial charge in [-0.2, -0.15) is 23.5 Å². The molecule has 1 saturated heterocycles. The number of nitrogens with zero attached hydrogens (tertiary/aromatic N) is 3. The first-order chi connectivity index (χ1) is 8.97. The largest absolute Gasteiger partial charge is 0.393 e. The van der Waals surface area contributed by atoms with E-state index in [1.54, 1.807) is 0 Å². The van der Waals surface area contributed by atoms with E-state index in [9.17, 15) is 18.0 Å². The van der Waals surface area contributed by atoms with Crippen molar-refractivity contribution in [3.8, 4) is 0 Å². The summed E-state index contributed by atoms with van der Waals surface area (Å²) < 4.78 is 37.9. The topological polar surface area (TPSA) is 61.9 Å². The zero-order valence-corrected chi connectivity index (χ0v) is 10.8.